The van der Waals surface area contributed by atoms with Crippen molar-refractivity contribution >= 4 is 23.2 Å². The third kappa shape index (κ3) is 5.63. The first-order chi connectivity index (χ1) is 12.7. The number of hydrazone groups is 1. The van der Waals surface area contributed by atoms with E-state index in [4.69, 9.17) is 0 Å². The van der Waals surface area contributed by atoms with Crippen LogP contribution >= 0.6 is 0 Å². The molecule has 0 saturated carbocycles. The van der Waals surface area contributed by atoms with Gasteiger partial charge in [0.05, 0.1) is 23.2 Å². The SMILES string of the molecule is C/C(CC(=O)Nc1ccccc1C(F)(F)F)=N\NC(=O)c1ccccc1F. The number of carbonyl (C=O) groups is 2. The van der Waals surface area contributed by atoms with Crippen molar-refractivity contribution in [3.8, 4) is 0 Å². The standard InChI is InChI=1S/C18H15F4N3O2/c1-11(24-25-17(27)12-6-2-4-8-14(12)19)10-16(26)23-15-9-5-3-7-13(15)18(20,21)22/h2-9H,10H2,1H3,(H,23,26)(H,25,27)/b24-11+. The number of para-hydroxylation sites is 1. The van der Waals surface area contributed by atoms with Gasteiger partial charge in [-0.25, -0.2) is 9.82 Å². The number of hydrogen-bond acceptors (Lipinski definition) is 3. The van der Waals surface area contributed by atoms with Crippen LogP contribution < -0.4 is 10.7 Å². The van der Waals surface area contributed by atoms with Gasteiger partial charge in [0.25, 0.3) is 5.91 Å². The largest absolute Gasteiger partial charge is 0.418 e. The molecule has 0 radical (unpaired) electrons. The van der Waals surface area contributed by atoms with Gasteiger partial charge in [0.2, 0.25) is 5.91 Å². The van der Waals surface area contributed by atoms with Crippen LogP contribution in [-0.2, 0) is 11.0 Å². The summed E-state index contributed by atoms with van der Waals surface area (Å²) < 4.78 is 52.2. The minimum atomic E-state index is -4.61. The molecular weight excluding hydrogens is 366 g/mol. The highest BCUT2D eigenvalue weighted by atomic mass is 19.4. The highest BCUT2D eigenvalue weighted by molar-refractivity contribution is 6.06. The normalized spacial score (nSPS) is 11.8. The summed E-state index contributed by atoms with van der Waals surface area (Å²) in [5.74, 6) is -2.28. The van der Waals surface area contributed by atoms with Crippen LogP contribution in [-0.4, -0.2) is 17.5 Å². The Bertz CT molecular complexity index is 879. The van der Waals surface area contributed by atoms with Crippen molar-refractivity contribution in [2.24, 2.45) is 5.10 Å². The van der Waals surface area contributed by atoms with Crippen LogP contribution in [0.5, 0.6) is 0 Å². The van der Waals surface area contributed by atoms with Crippen molar-refractivity contribution in [3.05, 3.63) is 65.5 Å². The second kappa shape index (κ2) is 8.43. The fraction of sp³-hybridized carbons (Fsp3) is 0.167. The molecule has 2 aromatic rings. The van der Waals surface area contributed by atoms with Crippen molar-refractivity contribution in [2.75, 3.05) is 5.32 Å². The molecule has 0 aromatic heterocycles. The smallest absolute Gasteiger partial charge is 0.325 e. The molecule has 0 atom stereocenters. The Balaban J connectivity index is 1.99. The first kappa shape index (κ1) is 20.1. The number of amides is 2. The van der Waals surface area contributed by atoms with Gasteiger partial charge in [-0.05, 0) is 31.2 Å². The molecule has 0 aliphatic rings. The Kier molecular flexibility index (Phi) is 6.27. The number of alkyl halides is 3. The Hall–Kier alpha value is -3.23. The summed E-state index contributed by atoms with van der Waals surface area (Å²) in [7, 11) is 0. The van der Waals surface area contributed by atoms with E-state index in [0.717, 1.165) is 18.2 Å². The number of halogens is 4. The lowest BCUT2D eigenvalue weighted by Gasteiger charge is -2.13. The molecule has 0 fully saturated rings. The minimum Gasteiger partial charge on any atom is -0.325 e. The van der Waals surface area contributed by atoms with Crippen LogP contribution in [0, 0.1) is 5.82 Å². The molecule has 0 aliphatic heterocycles. The predicted octanol–water partition coefficient (Wildman–Crippen LogP) is 3.98. The number of benzene rings is 2. The number of hydrogen-bond donors (Lipinski definition) is 2. The fourth-order valence-corrected chi connectivity index (χ4v) is 2.16. The Labute approximate surface area is 152 Å². The molecular formula is C18H15F4N3O2. The lowest BCUT2D eigenvalue weighted by Crippen LogP contribution is -2.23. The van der Waals surface area contributed by atoms with Crippen LogP contribution in [0.3, 0.4) is 0 Å². The lowest BCUT2D eigenvalue weighted by atomic mass is 10.1. The maximum Gasteiger partial charge on any atom is 0.418 e. The molecule has 0 bridgehead atoms. The van der Waals surface area contributed by atoms with Crippen LogP contribution in [0.15, 0.2) is 53.6 Å². The molecule has 0 unspecified atom stereocenters. The second-order valence-electron chi connectivity index (χ2n) is 5.54. The van der Waals surface area contributed by atoms with Crippen LogP contribution in [0.4, 0.5) is 23.2 Å². The first-order valence-corrected chi connectivity index (χ1v) is 7.72. The predicted molar refractivity (Wildman–Crippen MR) is 91.7 cm³/mol. The van der Waals surface area contributed by atoms with E-state index in [0.29, 0.717) is 0 Å². The van der Waals surface area contributed by atoms with Gasteiger partial charge in [-0.15, -0.1) is 0 Å². The summed E-state index contributed by atoms with van der Waals surface area (Å²) >= 11 is 0. The summed E-state index contributed by atoms with van der Waals surface area (Å²) in [5.41, 5.74) is 0.647. The van der Waals surface area contributed by atoms with Gasteiger partial charge in [-0.3, -0.25) is 9.59 Å². The minimum absolute atomic E-state index is 0.127. The zero-order valence-corrected chi connectivity index (χ0v) is 14.1. The third-order valence-electron chi connectivity index (χ3n) is 3.39. The number of nitrogens with zero attached hydrogens (tertiary/aromatic N) is 1. The molecule has 0 heterocycles. The number of carbonyl (C=O) groups excluding carboxylic acids is 2. The van der Waals surface area contributed by atoms with Gasteiger partial charge >= 0.3 is 6.18 Å². The van der Waals surface area contributed by atoms with Crippen LogP contribution in [0.1, 0.15) is 29.3 Å². The van der Waals surface area contributed by atoms with Crippen molar-refractivity contribution in [3.63, 3.8) is 0 Å². The average molecular weight is 381 g/mol. The van der Waals surface area contributed by atoms with E-state index >= 15 is 0 Å². The van der Waals surface area contributed by atoms with E-state index < -0.39 is 29.4 Å². The molecule has 5 nitrogen and oxygen atoms in total. The van der Waals surface area contributed by atoms with Crippen LogP contribution in [0.25, 0.3) is 0 Å². The first-order valence-electron chi connectivity index (χ1n) is 7.72. The van der Waals surface area contributed by atoms with Crippen LogP contribution in [0.2, 0.25) is 0 Å². The van der Waals surface area contributed by atoms with E-state index in [-0.39, 0.29) is 23.4 Å². The molecule has 2 amide bonds. The molecule has 0 aliphatic carbocycles. The summed E-state index contributed by atoms with van der Waals surface area (Å²) in [6.07, 6.45) is -4.97. The monoisotopic (exact) mass is 381 g/mol. The lowest BCUT2D eigenvalue weighted by molar-refractivity contribution is -0.137. The highest BCUT2D eigenvalue weighted by Crippen LogP contribution is 2.34. The van der Waals surface area contributed by atoms with E-state index in [1.165, 1.54) is 37.3 Å². The zero-order chi connectivity index (χ0) is 20.0. The summed E-state index contributed by atoms with van der Waals surface area (Å²) in [6.45, 7) is 1.40. The molecule has 2 rings (SSSR count). The van der Waals surface area contributed by atoms with E-state index in [2.05, 4.69) is 15.8 Å². The highest BCUT2D eigenvalue weighted by Gasteiger charge is 2.33. The van der Waals surface area contributed by atoms with Gasteiger partial charge in [0.15, 0.2) is 0 Å². The maximum atomic E-state index is 13.5. The molecule has 0 saturated heterocycles. The molecule has 2 N–H and O–H groups in total. The van der Waals surface area contributed by atoms with Crippen molar-refractivity contribution in [1.29, 1.82) is 0 Å². The Morgan fingerprint density at radius 3 is 2.33 bits per heavy atom. The van der Waals surface area contributed by atoms with E-state index in [9.17, 15) is 27.2 Å². The van der Waals surface area contributed by atoms with Crippen molar-refractivity contribution in [2.45, 2.75) is 19.5 Å². The van der Waals surface area contributed by atoms with Gasteiger partial charge in [-0.1, -0.05) is 24.3 Å². The quantitative estimate of drug-likeness (QED) is 0.467. The molecule has 9 heteroatoms. The van der Waals surface area contributed by atoms with Gasteiger partial charge in [-0.2, -0.15) is 18.3 Å². The summed E-state index contributed by atoms with van der Waals surface area (Å²) in [6, 6.07) is 9.82. The Morgan fingerprint density at radius 2 is 1.67 bits per heavy atom. The van der Waals surface area contributed by atoms with Gasteiger partial charge in [0.1, 0.15) is 5.82 Å². The summed E-state index contributed by atoms with van der Waals surface area (Å²) in [5, 5.41) is 5.83. The van der Waals surface area contributed by atoms with E-state index in [1.54, 1.807) is 0 Å². The number of rotatable bonds is 5. The van der Waals surface area contributed by atoms with E-state index in [1.807, 2.05) is 0 Å². The fourth-order valence-electron chi connectivity index (χ4n) is 2.16. The second-order valence-corrected chi connectivity index (χ2v) is 5.54. The van der Waals surface area contributed by atoms with Gasteiger partial charge < -0.3 is 5.32 Å². The van der Waals surface area contributed by atoms with Crippen molar-refractivity contribution in [1.82, 2.24) is 5.43 Å². The molecule has 0 spiro atoms. The average Bonchev–Trinajstić information content (AvgIpc) is 2.59. The molecule has 2 aromatic carbocycles. The number of anilines is 1. The zero-order valence-electron chi connectivity index (χ0n) is 14.1. The topological polar surface area (TPSA) is 70.6 Å². The summed E-state index contributed by atoms with van der Waals surface area (Å²) in [4.78, 5) is 23.8. The van der Waals surface area contributed by atoms with Gasteiger partial charge in [0, 0.05) is 5.71 Å². The van der Waals surface area contributed by atoms with Crippen molar-refractivity contribution < 1.29 is 27.2 Å². The molecule has 27 heavy (non-hydrogen) atoms. The number of nitrogens with one attached hydrogen (secondary N) is 2. The Morgan fingerprint density at radius 1 is 1.04 bits per heavy atom. The maximum absolute atomic E-state index is 13.5. The third-order valence-corrected chi connectivity index (χ3v) is 3.39. The molecule has 142 valence electrons.